The van der Waals surface area contributed by atoms with E-state index in [-0.39, 0.29) is 5.91 Å². The van der Waals surface area contributed by atoms with Gasteiger partial charge in [0.05, 0.1) is 0 Å². The van der Waals surface area contributed by atoms with E-state index < -0.39 is 0 Å². The topological polar surface area (TPSA) is 69.6 Å². The Labute approximate surface area is 142 Å². The minimum atomic E-state index is -0.0719. The van der Waals surface area contributed by atoms with Crippen LogP contribution in [0.2, 0.25) is 0 Å². The van der Waals surface area contributed by atoms with Gasteiger partial charge >= 0.3 is 0 Å². The molecular formula is C17H25N5O2. The van der Waals surface area contributed by atoms with Gasteiger partial charge in [-0.3, -0.25) is 9.59 Å². The van der Waals surface area contributed by atoms with E-state index in [2.05, 4.69) is 21.8 Å². The summed E-state index contributed by atoms with van der Waals surface area (Å²) in [6.45, 7) is 8.30. The van der Waals surface area contributed by atoms with Crippen LogP contribution in [-0.2, 0) is 4.79 Å². The van der Waals surface area contributed by atoms with Gasteiger partial charge in [-0.1, -0.05) is 6.92 Å². The number of aryl methyl sites for hydroxylation is 1. The lowest BCUT2D eigenvalue weighted by Gasteiger charge is -2.33. The summed E-state index contributed by atoms with van der Waals surface area (Å²) in [6, 6.07) is 1.82. The zero-order valence-electron chi connectivity index (χ0n) is 14.4. The predicted molar refractivity (Wildman–Crippen MR) is 90.9 cm³/mol. The molecule has 2 aliphatic heterocycles. The second kappa shape index (κ2) is 7.15. The van der Waals surface area contributed by atoms with Crippen LogP contribution < -0.4 is 4.90 Å². The molecule has 0 radical (unpaired) electrons. The average Bonchev–Trinajstić information content (AvgIpc) is 2.60. The molecule has 3 heterocycles. The molecule has 0 aromatic carbocycles. The van der Waals surface area contributed by atoms with Gasteiger partial charge in [-0.15, -0.1) is 0 Å². The summed E-state index contributed by atoms with van der Waals surface area (Å²) in [5.41, 5.74) is 0.454. The third-order valence-electron chi connectivity index (χ3n) is 4.78. The Morgan fingerprint density at radius 2 is 1.96 bits per heavy atom. The molecule has 0 N–H and O–H groups in total. The fourth-order valence-electron chi connectivity index (χ4n) is 3.41. The van der Waals surface area contributed by atoms with Gasteiger partial charge in [-0.05, 0) is 25.7 Å². The number of carbonyl (C=O) groups excluding carboxylic acids is 2. The van der Waals surface area contributed by atoms with E-state index in [0.717, 1.165) is 31.7 Å². The highest BCUT2D eigenvalue weighted by molar-refractivity contribution is 5.93. The Bertz CT molecular complexity index is 613. The summed E-state index contributed by atoms with van der Waals surface area (Å²) in [6.07, 6.45) is 3.24. The van der Waals surface area contributed by atoms with Crippen molar-refractivity contribution in [3.05, 3.63) is 17.6 Å². The zero-order valence-corrected chi connectivity index (χ0v) is 14.4. The molecule has 2 aliphatic rings. The van der Waals surface area contributed by atoms with Crippen molar-refractivity contribution < 1.29 is 9.59 Å². The maximum Gasteiger partial charge on any atom is 0.272 e. The summed E-state index contributed by atoms with van der Waals surface area (Å²) < 4.78 is 0. The number of piperidine rings is 1. The minimum Gasteiger partial charge on any atom is -0.356 e. The van der Waals surface area contributed by atoms with E-state index in [1.54, 1.807) is 9.80 Å². The molecule has 0 aliphatic carbocycles. The summed E-state index contributed by atoms with van der Waals surface area (Å²) in [5.74, 6) is 2.05. The number of carbonyl (C=O) groups is 2. The lowest BCUT2D eigenvalue weighted by Crippen LogP contribution is -2.48. The van der Waals surface area contributed by atoms with Crippen molar-refractivity contribution in [1.82, 2.24) is 19.8 Å². The molecule has 130 valence electrons. The monoisotopic (exact) mass is 331 g/mol. The van der Waals surface area contributed by atoms with Gasteiger partial charge in [0, 0.05) is 45.3 Å². The Balaban J connectivity index is 1.76. The standard InChI is InChI=1S/C17H25N5O2/c1-13-4-3-5-22(11-13)16-10-15(18-14(2)19-16)17(24)21-8-6-20(12-23)7-9-21/h10,12-13H,3-9,11H2,1-2H3. The molecule has 2 fully saturated rings. The smallest absolute Gasteiger partial charge is 0.272 e. The highest BCUT2D eigenvalue weighted by Gasteiger charge is 2.24. The zero-order chi connectivity index (χ0) is 17.1. The number of piperazine rings is 1. The molecule has 1 atom stereocenters. The van der Waals surface area contributed by atoms with Gasteiger partial charge in [0.25, 0.3) is 5.91 Å². The Morgan fingerprint density at radius 1 is 1.21 bits per heavy atom. The SMILES string of the molecule is Cc1nc(C(=O)N2CCN(C=O)CC2)cc(N2CCCC(C)C2)n1. The first-order valence-corrected chi connectivity index (χ1v) is 8.66. The normalized spacial score (nSPS) is 21.8. The first-order valence-electron chi connectivity index (χ1n) is 8.66. The Morgan fingerprint density at radius 3 is 2.62 bits per heavy atom. The third-order valence-corrected chi connectivity index (χ3v) is 4.78. The van der Waals surface area contributed by atoms with E-state index in [4.69, 9.17) is 0 Å². The molecule has 0 saturated carbocycles. The summed E-state index contributed by atoms with van der Waals surface area (Å²) in [5, 5.41) is 0. The van der Waals surface area contributed by atoms with E-state index in [1.807, 2.05) is 13.0 Å². The summed E-state index contributed by atoms with van der Waals surface area (Å²) >= 11 is 0. The second-order valence-corrected chi connectivity index (χ2v) is 6.79. The number of hydrogen-bond acceptors (Lipinski definition) is 5. The molecular weight excluding hydrogens is 306 g/mol. The van der Waals surface area contributed by atoms with Crippen LogP contribution in [0.25, 0.3) is 0 Å². The van der Waals surface area contributed by atoms with E-state index in [9.17, 15) is 9.59 Å². The average molecular weight is 331 g/mol. The molecule has 7 nitrogen and oxygen atoms in total. The number of hydrogen-bond donors (Lipinski definition) is 0. The molecule has 2 amide bonds. The first kappa shape index (κ1) is 16.7. The molecule has 24 heavy (non-hydrogen) atoms. The molecule has 3 rings (SSSR count). The molecule has 1 unspecified atom stereocenters. The van der Waals surface area contributed by atoms with Crippen LogP contribution in [0, 0.1) is 12.8 Å². The number of amides is 2. The van der Waals surface area contributed by atoms with Crippen LogP contribution in [0.4, 0.5) is 5.82 Å². The van der Waals surface area contributed by atoms with Crippen molar-refractivity contribution in [3.63, 3.8) is 0 Å². The first-order chi connectivity index (χ1) is 11.6. The van der Waals surface area contributed by atoms with Crippen LogP contribution in [0.5, 0.6) is 0 Å². The van der Waals surface area contributed by atoms with Crippen LogP contribution in [-0.4, -0.2) is 71.4 Å². The maximum absolute atomic E-state index is 12.8. The van der Waals surface area contributed by atoms with Gasteiger partial charge in [0.15, 0.2) is 0 Å². The number of rotatable bonds is 3. The number of anilines is 1. The van der Waals surface area contributed by atoms with Crippen molar-refractivity contribution in [3.8, 4) is 0 Å². The predicted octanol–water partition coefficient (Wildman–Crippen LogP) is 0.936. The largest absolute Gasteiger partial charge is 0.356 e. The van der Waals surface area contributed by atoms with Crippen molar-refractivity contribution in [2.75, 3.05) is 44.2 Å². The van der Waals surface area contributed by atoms with E-state index >= 15 is 0 Å². The summed E-state index contributed by atoms with van der Waals surface area (Å²) in [7, 11) is 0. The molecule has 0 bridgehead atoms. The Kier molecular flexibility index (Phi) is 4.97. The van der Waals surface area contributed by atoms with Gasteiger partial charge in [-0.25, -0.2) is 9.97 Å². The quantitative estimate of drug-likeness (QED) is 0.771. The van der Waals surface area contributed by atoms with Crippen LogP contribution in [0.3, 0.4) is 0 Å². The Hall–Kier alpha value is -2.18. The van der Waals surface area contributed by atoms with Crippen molar-refractivity contribution in [2.45, 2.75) is 26.7 Å². The summed E-state index contributed by atoms with van der Waals surface area (Å²) in [4.78, 5) is 38.1. The minimum absolute atomic E-state index is 0.0719. The number of aromatic nitrogens is 2. The van der Waals surface area contributed by atoms with Crippen LogP contribution in [0.15, 0.2) is 6.07 Å². The highest BCUT2D eigenvalue weighted by Crippen LogP contribution is 2.22. The highest BCUT2D eigenvalue weighted by atomic mass is 16.2. The molecule has 2 saturated heterocycles. The van der Waals surface area contributed by atoms with Crippen molar-refractivity contribution in [1.29, 1.82) is 0 Å². The number of nitrogens with zero attached hydrogens (tertiary/aromatic N) is 5. The second-order valence-electron chi connectivity index (χ2n) is 6.79. The third kappa shape index (κ3) is 3.66. The molecule has 1 aromatic heterocycles. The van der Waals surface area contributed by atoms with Crippen LogP contribution in [0.1, 0.15) is 36.1 Å². The molecule has 7 heteroatoms. The molecule has 1 aromatic rings. The van der Waals surface area contributed by atoms with E-state index in [0.29, 0.717) is 43.6 Å². The van der Waals surface area contributed by atoms with E-state index in [1.165, 1.54) is 6.42 Å². The lowest BCUT2D eigenvalue weighted by molar-refractivity contribution is -0.119. The van der Waals surface area contributed by atoms with Gasteiger partial charge in [-0.2, -0.15) is 0 Å². The van der Waals surface area contributed by atoms with Gasteiger partial charge < -0.3 is 14.7 Å². The fraction of sp³-hybridized carbons (Fsp3) is 0.647. The fourth-order valence-corrected chi connectivity index (χ4v) is 3.41. The molecule has 0 spiro atoms. The van der Waals surface area contributed by atoms with Crippen LogP contribution >= 0.6 is 0 Å². The van der Waals surface area contributed by atoms with Gasteiger partial charge in [0.2, 0.25) is 6.41 Å². The maximum atomic E-state index is 12.8. The lowest BCUT2D eigenvalue weighted by atomic mass is 10.0. The van der Waals surface area contributed by atoms with Crippen molar-refractivity contribution >= 4 is 18.1 Å². The van der Waals surface area contributed by atoms with Gasteiger partial charge in [0.1, 0.15) is 17.3 Å². The van der Waals surface area contributed by atoms with Crippen molar-refractivity contribution in [2.24, 2.45) is 5.92 Å².